The first-order chi connectivity index (χ1) is 22.2. The van der Waals surface area contributed by atoms with E-state index in [1.807, 2.05) is 72.4 Å². The smallest absolute Gasteiger partial charge is 0.385 e. The monoisotopic (exact) mass is 689 g/mol. The average molecular weight is 691 g/mol. The van der Waals surface area contributed by atoms with Gasteiger partial charge in [0, 0.05) is 15.9 Å². The zero-order valence-corrected chi connectivity index (χ0v) is 27.9. The van der Waals surface area contributed by atoms with E-state index in [4.69, 9.17) is 9.05 Å². The lowest BCUT2D eigenvalue weighted by Crippen LogP contribution is -2.31. The van der Waals surface area contributed by atoms with Gasteiger partial charge in [-0.05, 0) is 65.2 Å². The Morgan fingerprint density at radius 1 is 0.533 bits per heavy atom. The van der Waals surface area contributed by atoms with Crippen LogP contribution in [0.1, 0.15) is 28.0 Å². The quantitative estimate of drug-likeness (QED) is 0.0888. The van der Waals surface area contributed by atoms with Crippen LogP contribution < -0.4 is 9.05 Å². The molecule has 0 saturated carbocycles. The first kappa shape index (κ1) is 31.1. The number of hydrogen-bond donors (Lipinski definition) is 0. The molecule has 6 heteroatoms. The fourth-order valence-corrected chi connectivity index (χ4v) is 8.33. The van der Waals surface area contributed by atoms with Crippen molar-refractivity contribution < 1.29 is 9.05 Å². The summed E-state index contributed by atoms with van der Waals surface area (Å²) >= 11 is 5.48. The Balaban J connectivity index is 1.53. The fraction of sp³-hybridized carbons (Fsp3) is 0.0769. The highest BCUT2D eigenvalue weighted by molar-refractivity contribution is 9.10. The standard InChI is InChI=1S/C39H33BrNO2PS/c40-34-26-28-37(29-27-34)45-39(33-20-10-3-11-21-33)38(32-18-8-2-9-19-32)41(30-31-16-6-1-7-17-31)44(42-35-22-12-4-13-23-35)43-36-24-14-5-15-25-36/h1-29,38-39H,30H2/t38-,39+/m0/s1. The Labute approximate surface area is 280 Å². The van der Waals surface area contributed by atoms with Gasteiger partial charge in [0.2, 0.25) is 0 Å². The Kier molecular flexibility index (Phi) is 11.0. The van der Waals surface area contributed by atoms with Crippen molar-refractivity contribution in [3.8, 4) is 11.5 Å². The lowest BCUT2D eigenvalue weighted by Gasteiger charge is -2.40. The van der Waals surface area contributed by atoms with Gasteiger partial charge >= 0.3 is 8.53 Å². The molecule has 6 aromatic rings. The first-order valence-electron chi connectivity index (χ1n) is 14.8. The van der Waals surface area contributed by atoms with Crippen molar-refractivity contribution in [2.24, 2.45) is 0 Å². The molecule has 0 heterocycles. The third-order valence-electron chi connectivity index (χ3n) is 7.20. The molecule has 0 aliphatic carbocycles. The topological polar surface area (TPSA) is 21.7 Å². The Morgan fingerprint density at radius 2 is 0.978 bits per heavy atom. The summed E-state index contributed by atoms with van der Waals surface area (Å²) in [4.78, 5) is 1.19. The summed E-state index contributed by atoms with van der Waals surface area (Å²) in [6.07, 6.45) is 0. The van der Waals surface area contributed by atoms with Crippen molar-refractivity contribution in [3.63, 3.8) is 0 Å². The van der Waals surface area contributed by atoms with E-state index in [9.17, 15) is 0 Å². The second-order valence-corrected chi connectivity index (χ2v) is 13.9. The van der Waals surface area contributed by atoms with Gasteiger partial charge in [-0.25, -0.2) is 4.67 Å². The van der Waals surface area contributed by atoms with Crippen LogP contribution in [0.5, 0.6) is 11.5 Å². The average Bonchev–Trinajstić information content (AvgIpc) is 3.10. The van der Waals surface area contributed by atoms with Gasteiger partial charge in [-0.1, -0.05) is 143 Å². The highest BCUT2D eigenvalue weighted by atomic mass is 79.9. The minimum Gasteiger partial charge on any atom is -0.427 e. The largest absolute Gasteiger partial charge is 0.427 e. The zero-order chi connectivity index (χ0) is 30.7. The van der Waals surface area contributed by atoms with Gasteiger partial charge in [-0.15, -0.1) is 11.8 Å². The molecule has 0 aliphatic heterocycles. The molecule has 0 unspecified atom stereocenters. The molecular formula is C39H33BrNO2PS. The van der Waals surface area contributed by atoms with Crippen LogP contribution in [-0.4, -0.2) is 4.67 Å². The van der Waals surface area contributed by atoms with Crippen molar-refractivity contribution >= 4 is 36.2 Å². The maximum Gasteiger partial charge on any atom is 0.385 e. The summed E-state index contributed by atoms with van der Waals surface area (Å²) in [5.41, 5.74) is 3.60. The highest BCUT2D eigenvalue weighted by Crippen LogP contribution is 2.56. The van der Waals surface area contributed by atoms with Crippen molar-refractivity contribution in [1.82, 2.24) is 4.67 Å². The number of halogens is 1. The molecule has 0 spiro atoms. The van der Waals surface area contributed by atoms with Gasteiger partial charge in [0.15, 0.2) is 0 Å². The van der Waals surface area contributed by atoms with Gasteiger partial charge < -0.3 is 9.05 Å². The number of benzene rings is 6. The van der Waals surface area contributed by atoms with Crippen LogP contribution in [-0.2, 0) is 6.54 Å². The lowest BCUT2D eigenvalue weighted by atomic mass is 9.97. The van der Waals surface area contributed by atoms with Crippen LogP contribution in [0.3, 0.4) is 0 Å². The van der Waals surface area contributed by atoms with E-state index in [1.165, 1.54) is 21.6 Å². The number of thioether (sulfide) groups is 1. The van der Waals surface area contributed by atoms with Crippen molar-refractivity contribution in [2.75, 3.05) is 0 Å². The molecule has 0 aromatic heterocycles. The molecule has 0 bridgehead atoms. The molecular weight excluding hydrogens is 657 g/mol. The van der Waals surface area contributed by atoms with Gasteiger partial charge in [-0.3, -0.25) is 0 Å². The van der Waals surface area contributed by atoms with Crippen LogP contribution in [0.25, 0.3) is 0 Å². The second kappa shape index (κ2) is 15.9. The summed E-state index contributed by atoms with van der Waals surface area (Å²) in [5.74, 6) is 1.53. The number of hydrogen-bond acceptors (Lipinski definition) is 4. The van der Waals surface area contributed by atoms with Crippen molar-refractivity contribution in [1.29, 1.82) is 0 Å². The van der Waals surface area contributed by atoms with E-state index >= 15 is 0 Å². The zero-order valence-electron chi connectivity index (χ0n) is 24.6. The maximum absolute atomic E-state index is 6.86. The first-order valence-corrected chi connectivity index (χ1v) is 17.6. The minimum atomic E-state index is -1.65. The Hall–Kier alpha value is -3.86. The van der Waals surface area contributed by atoms with E-state index in [0.29, 0.717) is 6.54 Å². The van der Waals surface area contributed by atoms with Gasteiger partial charge in [0.1, 0.15) is 11.5 Å². The second-order valence-electron chi connectivity index (χ2n) is 10.4. The number of para-hydroxylation sites is 2. The molecule has 0 amide bonds. The van der Waals surface area contributed by atoms with Crippen LogP contribution in [0.2, 0.25) is 0 Å². The van der Waals surface area contributed by atoms with Crippen LogP contribution in [0.4, 0.5) is 0 Å². The predicted octanol–water partition coefficient (Wildman–Crippen LogP) is 11.9. The molecule has 0 N–H and O–H groups in total. The molecule has 45 heavy (non-hydrogen) atoms. The summed E-state index contributed by atoms with van der Waals surface area (Å²) in [7, 11) is -1.65. The van der Waals surface area contributed by atoms with E-state index in [1.54, 1.807) is 0 Å². The molecule has 224 valence electrons. The normalized spacial score (nSPS) is 12.5. The van der Waals surface area contributed by atoms with E-state index in [0.717, 1.165) is 16.0 Å². The Morgan fingerprint density at radius 3 is 1.49 bits per heavy atom. The molecule has 3 nitrogen and oxygen atoms in total. The van der Waals surface area contributed by atoms with Crippen LogP contribution >= 0.6 is 36.2 Å². The molecule has 0 saturated heterocycles. The molecule has 6 aromatic carbocycles. The summed E-state index contributed by atoms with van der Waals surface area (Å²) in [6, 6.07) is 60.5. The lowest BCUT2D eigenvalue weighted by molar-refractivity contribution is 0.274. The van der Waals surface area contributed by atoms with Gasteiger partial charge in [0.05, 0.1) is 11.3 Å². The SMILES string of the molecule is Brc1ccc(S[C@H](c2ccccc2)[C@H](c2ccccc2)N(Cc2ccccc2)P(Oc2ccccc2)Oc2ccccc2)cc1. The molecule has 0 aliphatic rings. The fourth-order valence-electron chi connectivity index (χ4n) is 5.07. The minimum absolute atomic E-state index is 0.00207. The summed E-state index contributed by atoms with van der Waals surface area (Å²) in [6.45, 7) is 0.621. The maximum atomic E-state index is 6.86. The molecule has 2 atom stereocenters. The molecule has 0 fully saturated rings. The highest BCUT2D eigenvalue weighted by Gasteiger charge is 2.39. The Bertz CT molecular complexity index is 1670. The van der Waals surface area contributed by atoms with E-state index in [-0.39, 0.29) is 11.3 Å². The van der Waals surface area contributed by atoms with Crippen LogP contribution in [0.15, 0.2) is 185 Å². The summed E-state index contributed by atoms with van der Waals surface area (Å²) < 4.78 is 17.2. The third kappa shape index (κ3) is 8.65. The van der Waals surface area contributed by atoms with Crippen LogP contribution in [0, 0.1) is 0 Å². The number of rotatable bonds is 13. The third-order valence-corrected chi connectivity index (χ3v) is 10.6. The van der Waals surface area contributed by atoms with E-state index in [2.05, 4.69) is 136 Å². The van der Waals surface area contributed by atoms with Gasteiger partial charge in [0.25, 0.3) is 0 Å². The number of nitrogens with zero attached hydrogens (tertiary/aromatic N) is 1. The predicted molar refractivity (Wildman–Crippen MR) is 191 cm³/mol. The summed E-state index contributed by atoms with van der Waals surface area (Å²) in [5, 5.41) is 0.00207. The molecule has 0 radical (unpaired) electrons. The van der Waals surface area contributed by atoms with E-state index < -0.39 is 8.53 Å². The van der Waals surface area contributed by atoms with Crippen molar-refractivity contribution in [2.45, 2.75) is 22.7 Å². The van der Waals surface area contributed by atoms with Gasteiger partial charge in [-0.2, -0.15) is 0 Å². The van der Waals surface area contributed by atoms with Crippen molar-refractivity contribution in [3.05, 3.63) is 197 Å². The molecule has 6 rings (SSSR count).